The summed E-state index contributed by atoms with van der Waals surface area (Å²) in [6, 6.07) is 15.2. The number of carbonyl (C=O) groups is 1. The highest BCUT2D eigenvalue weighted by Gasteiger charge is 2.10. The van der Waals surface area contributed by atoms with E-state index in [1.807, 2.05) is 80.1 Å². The zero-order chi connectivity index (χ0) is 21.1. The van der Waals surface area contributed by atoms with E-state index >= 15 is 0 Å². The number of hydrogen-bond donors (Lipinski definition) is 2. The van der Waals surface area contributed by atoms with Gasteiger partial charge in [0, 0.05) is 35.4 Å². The van der Waals surface area contributed by atoms with Crippen molar-refractivity contribution in [1.29, 1.82) is 0 Å². The summed E-state index contributed by atoms with van der Waals surface area (Å²) in [6.45, 7) is 5.83. The number of carbonyl (C=O) groups excluding carboxylic acids is 1. The molecule has 0 bridgehead atoms. The molecule has 1 amide bonds. The highest BCUT2D eigenvalue weighted by Crippen LogP contribution is 2.20. The molecule has 0 aliphatic carbocycles. The molecule has 4 aromatic rings. The molecule has 0 spiro atoms. The lowest BCUT2D eigenvalue weighted by atomic mass is 10.1. The van der Waals surface area contributed by atoms with E-state index in [0.29, 0.717) is 11.4 Å². The van der Waals surface area contributed by atoms with Crippen molar-refractivity contribution in [1.82, 2.24) is 19.5 Å². The van der Waals surface area contributed by atoms with Crippen LogP contribution in [0.1, 0.15) is 27.3 Å². The standard InChI is InChI=1S/C23H22N6O/c1-15-4-5-16(2)20(12-15)23(30)28-19-8-6-18(7-9-19)27-21-13-22(26-14-25-21)29-11-10-24-17(29)3/h4-14H,1-3H3,(H,28,30)(H,25,26,27). The molecule has 0 unspecified atom stereocenters. The molecule has 0 radical (unpaired) electrons. The molecule has 0 aliphatic heterocycles. The fourth-order valence-corrected chi connectivity index (χ4v) is 3.13. The van der Waals surface area contributed by atoms with Crippen LogP contribution in [0.25, 0.3) is 5.82 Å². The van der Waals surface area contributed by atoms with Crippen LogP contribution in [-0.4, -0.2) is 25.4 Å². The van der Waals surface area contributed by atoms with Crippen molar-refractivity contribution in [3.63, 3.8) is 0 Å². The lowest BCUT2D eigenvalue weighted by molar-refractivity contribution is 0.102. The molecule has 7 nitrogen and oxygen atoms in total. The van der Waals surface area contributed by atoms with Gasteiger partial charge in [0.1, 0.15) is 23.8 Å². The summed E-state index contributed by atoms with van der Waals surface area (Å²) < 4.78 is 1.89. The molecule has 0 atom stereocenters. The fraction of sp³-hybridized carbons (Fsp3) is 0.130. The predicted octanol–water partition coefficient (Wildman–Crippen LogP) is 4.58. The molecule has 2 N–H and O–H groups in total. The summed E-state index contributed by atoms with van der Waals surface area (Å²) >= 11 is 0. The Hall–Kier alpha value is -4.00. The molecular weight excluding hydrogens is 376 g/mol. The van der Waals surface area contributed by atoms with Crippen molar-refractivity contribution in [3.05, 3.63) is 89.8 Å². The number of benzene rings is 2. The Kier molecular flexibility index (Phi) is 5.26. The second-order valence-corrected chi connectivity index (χ2v) is 7.08. The molecule has 0 aliphatic rings. The van der Waals surface area contributed by atoms with Gasteiger partial charge in [-0.3, -0.25) is 9.36 Å². The first-order chi connectivity index (χ1) is 14.5. The quantitative estimate of drug-likeness (QED) is 0.514. The molecule has 0 saturated carbocycles. The van der Waals surface area contributed by atoms with E-state index in [4.69, 9.17) is 0 Å². The zero-order valence-corrected chi connectivity index (χ0v) is 17.0. The minimum absolute atomic E-state index is 0.118. The number of hydrogen-bond acceptors (Lipinski definition) is 5. The van der Waals surface area contributed by atoms with Crippen molar-refractivity contribution < 1.29 is 4.79 Å². The van der Waals surface area contributed by atoms with Crippen LogP contribution in [0.2, 0.25) is 0 Å². The van der Waals surface area contributed by atoms with Gasteiger partial charge in [-0.15, -0.1) is 0 Å². The van der Waals surface area contributed by atoms with Gasteiger partial charge in [-0.2, -0.15) is 0 Å². The monoisotopic (exact) mass is 398 g/mol. The first-order valence-corrected chi connectivity index (χ1v) is 9.58. The van der Waals surface area contributed by atoms with Crippen LogP contribution in [-0.2, 0) is 0 Å². The third-order valence-corrected chi connectivity index (χ3v) is 4.78. The van der Waals surface area contributed by atoms with Gasteiger partial charge in [0.25, 0.3) is 5.91 Å². The molecule has 30 heavy (non-hydrogen) atoms. The van der Waals surface area contributed by atoms with Crippen LogP contribution >= 0.6 is 0 Å². The Morgan fingerprint density at radius 3 is 2.40 bits per heavy atom. The Morgan fingerprint density at radius 2 is 1.67 bits per heavy atom. The molecule has 7 heteroatoms. The van der Waals surface area contributed by atoms with Crippen molar-refractivity contribution in [3.8, 4) is 5.82 Å². The van der Waals surface area contributed by atoms with E-state index < -0.39 is 0 Å². The Morgan fingerprint density at radius 1 is 0.900 bits per heavy atom. The van der Waals surface area contributed by atoms with Crippen LogP contribution in [0.5, 0.6) is 0 Å². The van der Waals surface area contributed by atoms with Gasteiger partial charge in [-0.25, -0.2) is 15.0 Å². The zero-order valence-electron chi connectivity index (χ0n) is 17.0. The summed E-state index contributed by atoms with van der Waals surface area (Å²) in [6.07, 6.45) is 5.10. The number of imidazole rings is 1. The number of nitrogens with one attached hydrogen (secondary N) is 2. The minimum Gasteiger partial charge on any atom is -0.340 e. The second kappa shape index (κ2) is 8.16. The molecule has 4 rings (SSSR count). The van der Waals surface area contributed by atoms with Gasteiger partial charge in [0.05, 0.1) is 0 Å². The maximum Gasteiger partial charge on any atom is 0.255 e. The van der Waals surface area contributed by atoms with Crippen LogP contribution < -0.4 is 10.6 Å². The summed E-state index contributed by atoms with van der Waals surface area (Å²) in [7, 11) is 0. The van der Waals surface area contributed by atoms with Crippen LogP contribution in [0, 0.1) is 20.8 Å². The number of nitrogens with zero attached hydrogens (tertiary/aromatic N) is 4. The van der Waals surface area contributed by atoms with Crippen LogP contribution in [0.15, 0.2) is 67.3 Å². The molecule has 0 fully saturated rings. The Bertz CT molecular complexity index is 1200. The van der Waals surface area contributed by atoms with Gasteiger partial charge in [-0.1, -0.05) is 17.7 Å². The maximum absolute atomic E-state index is 12.6. The largest absolute Gasteiger partial charge is 0.340 e. The molecule has 2 aromatic carbocycles. The van der Waals surface area contributed by atoms with E-state index in [1.54, 1.807) is 6.20 Å². The van der Waals surface area contributed by atoms with E-state index in [1.165, 1.54) is 6.33 Å². The first-order valence-electron chi connectivity index (χ1n) is 9.58. The lowest BCUT2D eigenvalue weighted by Gasteiger charge is -2.11. The van der Waals surface area contributed by atoms with E-state index in [9.17, 15) is 4.79 Å². The number of amides is 1. The lowest BCUT2D eigenvalue weighted by Crippen LogP contribution is -2.13. The van der Waals surface area contributed by atoms with E-state index in [2.05, 4.69) is 25.6 Å². The Balaban J connectivity index is 1.46. The average Bonchev–Trinajstić information content (AvgIpc) is 3.17. The van der Waals surface area contributed by atoms with Gasteiger partial charge in [0.15, 0.2) is 0 Å². The average molecular weight is 398 g/mol. The highest BCUT2D eigenvalue weighted by atomic mass is 16.1. The van der Waals surface area contributed by atoms with E-state index in [-0.39, 0.29) is 5.91 Å². The van der Waals surface area contributed by atoms with Gasteiger partial charge >= 0.3 is 0 Å². The first kappa shape index (κ1) is 19.3. The second-order valence-electron chi connectivity index (χ2n) is 7.08. The maximum atomic E-state index is 12.6. The summed E-state index contributed by atoms with van der Waals surface area (Å²) in [5, 5.41) is 6.21. The van der Waals surface area contributed by atoms with E-state index in [0.717, 1.165) is 34.1 Å². The minimum atomic E-state index is -0.118. The van der Waals surface area contributed by atoms with Gasteiger partial charge < -0.3 is 10.6 Å². The molecule has 0 saturated heterocycles. The van der Waals surface area contributed by atoms with Crippen molar-refractivity contribution in [2.45, 2.75) is 20.8 Å². The third kappa shape index (κ3) is 4.20. The molecule has 2 heterocycles. The smallest absolute Gasteiger partial charge is 0.255 e. The molecule has 150 valence electrons. The molecular formula is C23H22N6O. The number of anilines is 3. The number of aromatic nitrogens is 4. The number of aryl methyl sites for hydroxylation is 3. The van der Waals surface area contributed by atoms with Crippen molar-refractivity contribution in [2.24, 2.45) is 0 Å². The summed E-state index contributed by atoms with van der Waals surface area (Å²) in [5.41, 5.74) is 4.26. The Labute approximate surface area is 174 Å². The highest BCUT2D eigenvalue weighted by molar-refractivity contribution is 6.05. The summed E-state index contributed by atoms with van der Waals surface area (Å²) in [5.74, 6) is 2.14. The van der Waals surface area contributed by atoms with Crippen LogP contribution in [0.3, 0.4) is 0 Å². The van der Waals surface area contributed by atoms with Gasteiger partial charge in [-0.05, 0) is 56.7 Å². The topological polar surface area (TPSA) is 84.7 Å². The predicted molar refractivity (Wildman–Crippen MR) is 117 cm³/mol. The van der Waals surface area contributed by atoms with Crippen molar-refractivity contribution in [2.75, 3.05) is 10.6 Å². The summed E-state index contributed by atoms with van der Waals surface area (Å²) in [4.78, 5) is 25.4. The van der Waals surface area contributed by atoms with Crippen molar-refractivity contribution >= 4 is 23.1 Å². The van der Waals surface area contributed by atoms with Gasteiger partial charge in [0.2, 0.25) is 0 Å². The molecule has 2 aromatic heterocycles. The third-order valence-electron chi connectivity index (χ3n) is 4.78. The SMILES string of the molecule is Cc1ccc(C)c(C(=O)Nc2ccc(Nc3cc(-n4ccnc4C)ncn3)cc2)c1. The number of rotatable bonds is 5. The normalized spacial score (nSPS) is 10.6. The fourth-order valence-electron chi connectivity index (χ4n) is 3.13. The van der Waals surface area contributed by atoms with Crippen LogP contribution in [0.4, 0.5) is 17.2 Å².